The number of nitrogens with one attached hydrogen (secondary N) is 1. The third kappa shape index (κ3) is 10.3. The summed E-state index contributed by atoms with van der Waals surface area (Å²) in [5.74, 6) is 0.0854. The summed E-state index contributed by atoms with van der Waals surface area (Å²) in [6.07, 6.45) is 1.77. The molecule has 2 aromatic carbocycles. The number of nitrogens with zero attached hydrogens (tertiary/aromatic N) is 7. The van der Waals surface area contributed by atoms with Crippen molar-refractivity contribution in [1.29, 1.82) is 0 Å². The molecule has 0 saturated carbocycles. The van der Waals surface area contributed by atoms with E-state index in [1.165, 1.54) is 11.4 Å². The van der Waals surface area contributed by atoms with Crippen LogP contribution in [0.4, 0.5) is 34.1 Å². The van der Waals surface area contributed by atoms with Gasteiger partial charge in [-0.3, -0.25) is 60.7 Å². The maximum Gasteiger partial charge on any atom is 0.324 e. The second kappa shape index (κ2) is 16.6. The van der Waals surface area contributed by atoms with Crippen molar-refractivity contribution in [2.45, 2.75) is 25.5 Å². The standard InChI is InChI=1S/C9H17N3S.2C6H3N3O7/c1-7(2)9-8(11-6-12-9)5-13-4-3-10;2*10-6-4(8(13)14)1-3(7(11)12)2-5(6)9(15)16/h6-7H,3-5,10H2,1-2H3,(H,11,12);2*1-2,10H. The van der Waals surface area contributed by atoms with Crippen molar-refractivity contribution in [2.24, 2.45) is 5.73 Å². The average Bonchev–Trinajstić information content (AvgIpc) is 3.42. The Morgan fingerprint density at radius 3 is 1.36 bits per heavy atom. The van der Waals surface area contributed by atoms with E-state index in [0.717, 1.165) is 18.1 Å². The molecule has 0 bridgehead atoms. The van der Waals surface area contributed by atoms with Crippen LogP contribution in [-0.2, 0) is 5.75 Å². The highest BCUT2D eigenvalue weighted by Crippen LogP contribution is 2.40. The van der Waals surface area contributed by atoms with Crippen molar-refractivity contribution in [3.63, 3.8) is 0 Å². The van der Waals surface area contributed by atoms with E-state index in [1.807, 2.05) is 11.8 Å². The molecule has 1 heterocycles. The van der Waals surface area contributed by atoms with E-state index < -0.39 is 75.2 Å². The molecule has 24 heteroatoms. The Labute approximate surface area is 253 Å². The summed E-state index contributed by atoms with van der Waals surface area (Å²) < 4.78 is 0. The molecule has 0 aliphatic heterocycles. The molecule has 45 heavy (non-hydrogen) atoms. The fourth-order valence-electron chi connectivity index (χ4n) is 3.15. The van der Waals surface area contributed by atoms with Crippen molar-refractivity contribution in [1.82, 2.24) is 9.97 Å². The Bertz CT molecular complexity index is 1450. The van der Waals surface area contributed by atoms with Gasteiger partial charge >= 0.3 is 22.7 Å². The number of phenolic OH excluding ortho intramolecular Hbond substituents is 2. The SMILES string of the molecule is CC(C)c1nc[nH]c1CSCCN.O=[N+]([O-])c1cc([N+](=O)[O-])c(O)c([N+](=O)[O-])c1.O=[N+]([O-])c1cc([N+](=O)[O-])c(O)c([N+](=O)[O-])c1. The Balaban J connectivity index is 0.000000340. The van der Waals surface area contributed by atoms with Crippen LogP contribution in [0.3, 0.4) is 0 Å². The third-order valence-electron chi connectivity index (χ3n) is 5.12. The number of hydrogen-bond acceptors (Lipinski definition) is 17. The lowest BCUT2D eigenvalue weighted by Crippen LogP contribution is -2.02. The van der Waals surface area contributed by atoms with Crippen molar-refractivity contribution in [3.05, 3.63) is 103 Å². The Hall–Kier alpha value is -6.04. The molecule has 23 nitrogen and oxygen atoms in total. The van der Waals surface area contributed by atoms with Gasteiger partial charge in [-0.05, 0) is 5.92 Å². The lowest BCUT2D eigenvalue weighted by Gasteiger charge is -2.04. The molecule has 1 aromatic heterocycles. The number of hydrogen-bond donors (Lipinski definition) is 4. The quantitative estimate of drug-likeness (QED) is 0.129. The second-order valence-electron chi connectivity index (χ2n) is 8.47. The number of rotatable bonds is 11. The maximum atomic E-state index is 10.4. The van der Waals surface area contributed by atoms with Gasteiger partial charge in [0.25, 0.3) is 22.9 Å². The number of benzene rings is 2. The second-order valence-corrected chi connectivity index (χ2v) is 9.58. The smallest absolute Gasteiger partial charge is 0.324 e. The van der Waals surface area contributed by atoms with E-state index >= 15 is 0 Å². The number of aromatic hydroxyl groups is 2. The van der Waals surface area contributed by atoms with Crippen LogP contribution in [0.25, 0.3) is 0 Å². The third-order valence-corrected chi connectivity index (χ3v) is 6.14. The highest BCUT2D eigenvalue weighted by molar-refractivity contribution is 7.98. The topological polar surface area (TPSA) is 354 Å². The lowest BCUT2D eigenvalue weighted by molar-refractivity contribution is -0.404. The zero-order valence-corrected chi connectivity index (χ0v) is 23.8. The first kappa shape index (κ1) is 37.0. The van der Waals surface area contributed by atoms with E-state index in [4.69, 9.17) is 15.9 Å². The van der Waals surface area contributed by atoms with Crippen LogP contribution in [0.2, 0.25) is 0 Å². The minimum atomic E-state index is -1.21. The zero-order chi connectivity index (χ0) is 34.6. The molecular formula is C21H23N9O14S. The first-order valence-corrected chi connectivity index (χ1v) is 13.0. The van der Waals surface area contributed by atoms with E-state index in [9.17, 15) is 60.7 Å². The van der Waals surface area contributed by atoms with Gasteiger partial charge in [0.15, 0.2) is 0 Å². The normalized spacial score (nSPS) is 10.1. The summed E-state index contributed by atoms with van der Waals surface area (Å²) in [5.41, 5.74) is 1.84. The van der Waals surface area contributed by atoms with Gasteiger partial charge in [0, 0.05) is 23.7 Å². The number of aromatic nitrogens is 2. The monoisotopic (exact) mass is 657 g/mol. The van der Waals surface area contributed by atoms with Gasteiger partial charge in [-0.2, -0.15) is 11.8 Å². The molecule has 0 aliphatic carbocycles. The molecule has 3 rings (SSSR count). The molecule has 0 unspecified atom stereocenters. The summed E-state index contributed by atoms with van der Waals surface area (Å²) in [6.45, 7) is 5.07. The highest BCUT2D eigenvalue weighted by atomic mass is 32.2. The van der Waals surface area contributed by atoms with Gasteiger partial charge in [-0.25, -0.2) is 4.98 Å². The van der Waals surface area contributed by atoms with E-state index in [0.29, 0.717) is 30.2 Å². The predicted molar refractivity (Wildman–Crippen MR) is 154 cm³/mol. The van der Waals surface area contributed by atoms with Gasteiger partial charge in [0.2, 0.25) is 0 Å². The van der Waals surface area contributed by atoms with Gasteiger partial charge in [0.1, 0.15) is 0 Å². The molecule has 0 fully saturated rings. The first-order chi connectivity index (χ1) is 20.9. The largest absolute Gasteiger partial charge is 0.497 e. The van der Waals surface area contributed by atoms with Crippen LogP contribution < -0.4 is 5.73 Å². The average molecular weight is 658 g/mol. The van der Waals surface area contributed by atoms with Gasteiger partial charge in [-0.1, -0.05) is 13.8 Å². The summed E-state index contributed by atoms with van der Waals surface area (Å²) in [7, 11) is 0. The van der Waals surface area contributed by atoms with Crippen LogP contribution in [0, 0.1) is 60.7 Å². The fraction of sp³-hybridized carbons (Fsp3) is 0.286. The van der Waals surface area contributed by atoms with Crippen LogP contribution in [0.1, 0.15) is 31.2 Å². The first-order valence-electron chi connectivity index (χ1n) is 11.8. The molecule has 5 N–H and O–H groups in total. The number of nitrogens with two attached hydrogens (primary N) is 1. The van der Waals surface area contributed by atoms with E-state index in [-0.39, 0.29) is 0 Å². The van der Waals surface area contributed by atoms with Crippen LogP contribution in [-0.4, -0.2) is 62.0 Å². The van der Waals surface area contributed by atoms with E-state index in [1.54, 1.807) is 6.33 Å². The molecule has 242 valence electrons. The summed E-state index contributed by atoms with van der Waals surface area (Å²) in [4.78, 5) is 63.0. The van der Waals surface area contributed by atoms with Crippen LogP contribution in [0.5, 0.6) is 11.5 Å². The van der Waals surface area contributed by atoms with Crippen molar-refractivity contribution in [2.75, 3.05) is 12.3 Å². The predicted octanol–water partition coefficient (Wildman–Crippen LogP) is 3.96. The number of phenols is 2. The fourth-order valence-corrected chi connectivity index (χ4v) is 3.90. The summed E-state index contributed by atoms with van der Waals surface area (Å²) in [6, 6.07) is 1.79. The highest BCUT2D eigenvalue weighted by Gasteiger charge is 2.31. The molecule has 0 radical (unpaired) electrons. The number of H-pyrrole nitrogens is 1. The van der Waals surface area contributed by atoms with Gasteiger partial charge in [-0.15, -0.1) is 0 Å². The maximum absolute atomic E-state index is 10.4. The molecular weight excluding hydrogens is 634 g/mol. The minimum Gasteiger partial charge on any atom is -0.497 e. The van der Waals surface area contributed by atoms with E-state index in [2.05, 4.69) is 23.8 Å². The van der Waals surface area contributed by atoms with Crippen molar-refractivity contribution in [3.8, 4) is 11.5 Å². The molecule has 0 saturated heterocycles. The lowest BCUT2D eigenvalue weighted by atomic mass is 10.1. The molecule has 0 amide bonds. The Morgan fingerprint density at radius 2 is 1.09 bits per heavy atom. The summed E-state index contributed by atoms with van der Waals surface area (Å²) in [5, 5.41) is 80.4. The summed E-state index contributed by atoms with van der Waals surface area (Å²) >= 11 is 1.85. The van der Waals surface area contributed by atoms with Gasteiger partial charge in [0.05, 0.1) is 65.8 Å². The van der Waals surface area contributed by atoms with Crippen molar-refractivity contribution >= 4 is 45.9 Å². The van der Waals surface area contributed by atoms with Crippen LogP contribution in [0.15, 0.2) is 30.6 Å². The Morgan fingerprint density at radius 1 is 0.733 bits per heavy atom. The number of thioether (sulfide) groups is 1. The van der Waals surface area contributed by atoms with Crippen molar-refractivity contribution < 1.29 is 39.8 Å². The number of aromatic amines is 1. The zero-order valence-electron chi connectivity index (χ0n) is 23.0. The molecule has 3 aromatic rings. The molecule has 0 atom stereocenters. The minimum absolute atomic E-state index is 0.447. The van der Waals surface area contributed by atoms with Crippen LogP contribution >= 0.6 is 11.8 Å². The number of imidazole rings is 1. The molecule has 0 spiro atoms. The Kier molecular flexibility index (Phi) is 13.6. The number of nitro groups is 6. The van der Waals surface area contributed by atoms with Gasteiger partial charge < -0.3 is 20.9 Å². The molecule has 0 aliphatic rings. The number of nitro benzene ring substituents is 6. The number of non-ortho nitro benzene ring substituents is 2.